The van der Waals surface area contributed by atoms with E-state index < -0.39 is 0 Å². The summed E-state index contributed by atoms with van der Waals surface area (Å²) in [6.07, 6.45) is 4.17. The van der Waals surface area contributed by atoms with Gasteiger partial charge in [0.25, 0.3) is 0 Å². The Labute approximate surface area is 164 Å². The summed E-state index contributed by atoms with van der Waals surface area (Å²) in [6, 6.07) is 4.63. The van der Waals surface area contributed by atoms with Gasteiger partial charge in [0.05, 0.1) is 31.6 Å². The molecular weight excluding hydrogens is 370 g/mol. The summed E-state index contributed by atoms with van der Waals surface area (Å²) in [5.41, 5.74) is 2.82. The molecule has 2 fully saturated rings. The molecule has 0 aliphatic carbocycles. The molecule has 0 aromatic carbocycles. The largest absolute Gasteiger partial charge is 0.481 e. The number of likely N-dealkylation sites (tertiary alicyclic amines) is 1. The molecule has 3 aliphatic heterocycles. The Morgan fingerprint density at radius 2 is 2.04 bits per heavy atom. The van der Waals surface area contributed by atoms with Crippen LogP contribution in [0.4, 0.5) is 0 Å². The molecule has 0 unspecified atom stereocenters. The van der Waals surface area contributed by atoms with Gasteiger partial charge in [-0.15, -0.1) is 17.5 Å². The zero-order chi connectivity index (χ0) is 17.5. The van der Waals surface area contributed by atoms with Crippen molar-refractivity contribution in [3.63, 3.8) is 0 Å². The second-order valence-electron chi connectivity index (χ2n) is 7.13. The first kappa shape index (κ1) is 18.6. The van der Waals surface area contributed by atoms with E-state index in [2.05, 4.69) is 24.9 Å². The standard InChI is InChI=1S/C18H23N5O3.ClH/c1-24-17-3-2-12(8-19-17)18-15-11-26-16-10-22(13-4-6-25-7-5-13)9-14(16)23(15)21-20-18;/h2-3,8,13-14,16H,4-7,9-11H2,1H3;1H/t14-,16-;/m0./s1. The Hall–Kier alpha value is -1.74. The number of methoxy groups -OCH3 is 1. The summed E-state index contributed by atoms with van der Waals surface area (Å²) in [7, 11) is 1.61. The Morgan fingerprint density at radius 3 is 2.78 bits per heavy atom. The van der Waals surface area contributed by atoms with Crippen LogP contribution in [0.2, 0.25) is 0 Å². The maximum Gasteiger partial charge on any atom is 0.212 e. The molecule has 9 heteroatoms. The number of rotatable bonds is 3. The van der Waals surface area contributed by atoms with E-state index in [9.17, 15) is 0 Å². The van der Waals surface area contributed by atoms with Gasteiger partial charge >= 0.3 is 0 Å². The second-order valence-corrected chi connectivity index (χ2v) is 7.13. The third-order valence-electron chi connectivity index (χ3n) is 5.73. The minimum absolute atomic E-state index is 0. The van der Waals surface area contributed by atoms with Crippen LogP contribution in [0.25, 0.3) is 11.3 Å². The molecule has 2 atom stereocenters. The van der Waals surface area contributed by atoms with Crippen molar-refractivity contribution < 1.29 is 14.2 Å². The summed E-state index contributed by atoms with van der Waals surface area (Å²) in [6.45, 7) is 4.19. The van der Waals surface area contributed by atoms with Crippen LogP contribution in [0, 0.1) is 0 Å². The lowest BCUT2D eigenvalue weighted by molar-refractivity contribution is -0.00870. The minimum atomic E-state index is 0. The monoisotopic (exact) mass is 393 g/mol. The number of ether oxygens (including phenoxy) is 3. The molecule has 146 valence electrons. The van der Waals surface area contributed by atoms with Gasteiger partial charge in [-0.2, -0.15) is 0 Å². The molecule has 0 radical (unpaired) electrons. The van der Waals surface area contributed by atoms with E-state index in [1.54, 1.807) is 13.3 Å². The Kier molecular flexibility index (Phi) is 5.32. The van der Waals surface area contributed by atoms with Crippen LogP contribution in [0.15, 0.2) is 18.3 Å². The average molecular weight is 394 g/mol. The first-order valence-corrected chi connectivity index (χ1v) is 9.21. The van der Waals surface area contributed by atoms with Crippen molar-refractivity contribution in [2.75, 3.05) is 33.4 Å². The van der Waals surface area contributed by atoms with Gasteiger partial charge in [0, 0.05) is 50.2 Å². The normalized spacial score (nSPS) is 25.5. The number of hydrogen-bond donors (Lipinski definition) is 0. The van der Waals surface area contributed by atoms with Gasteiger partial charge in [-0.3, -0.25) is 4.90 Å². The van der Waals surface area contributed by atoms with E-state index in [4.69, 9.17) is 14.2 Å². The van der Waals surface area contributed by atoms with Gasteiger partial charge in [-0.25, -0.2) is 9.67 Å². The van der Waals surface area contributed by atoms with Gasteiger partial charge < -0.3 is 14.2 Å². The van der Waals surface area contributed by atoms with Crippen molar-refractivity contribution in [3.8, 4) is 17.1 Å². The molecule has 5 heterocycles. The molecule has 0 bridgehead atoms. The molecule has 0 spiro atoms. The van der Waals surface area contributed by atoms with Gasteiger partial charge in [0.2, 0.25) is 5.88 Å². The molecule has 0 N–H and O–H groups in total. The van der Waals surface area contributed by atoms with Crippen LogP contribution >= 0.6 is 12.4 Å². The first-order valence-electron chi connectivity index (χ1n) is 9.21. The molecule has 2 aromatic rings. The average Bonchev–Trinajstić information content (AvgIpc) is 3.32. The molecule has 2 aromatic heterocycles. The van der Waals surface area contributed by atoms with Crippen LogP contribution in [-0.4, -0.2) is 70.4 Å². The van der Waals surface area contributed by atoms with Crippen molar-refractivity contribution >= 4 is 12.4 Å². The summed E-state index contributed by atoms with van der Waals surface area (Å²) in [4.78, 5) is 6.83. The van der Waals surface area contributed by atoms with E-state index in [0.29, 0.717) is 18.5 Å². The molecule has 5 rings (SSSR count). The maximum atomic E-state index is 6.20. The predicted molar refractivity (Wildman–Crippen MR) is 100 cm³/mol. The smallest absolute Gasteiger partial charge is 0.212 e. The highest BCUT2D eigenvalue weighted by Gasteiger charge is 2.42. The molecule has 27 heavy (non-hydrogen) atoms. The van der Waals surface area contributed by atoms with Crippen LogP contribution in [0.5, 0.6) is 5.88 Å². The van der Waals surface area contributed by atoms with E-state index in [1.807, 2.05) is 12.1 Å². The van der Waals surface area contributed by atoms with Gasteiger partial charge in [-0.1, -0.05) is 5.21 Å². The lowest BCUT2D eigenvalue weighted by Gasteiger charge is -2.30. The third kappa shape index (κ3) is 3.31. The van der Waals surface area contributed by atoms with Crippen LogP contribution in [0.1, 0.15) is 24.6 Å². The molecule has 8 nitrogen and oxygen atoms in total. The van der Waals surface area contributed by atoms with Crippen LogP contribution in [-0.2, 0) is 16.1 Å². The lowest BCUT2D eigenvalue weighted by Crippen LogP contribution is -2.38. The van der Waals surface area contributed by atoms with E-state index in [1.165, 1.54) is 0 Å². The summed E-state index contributed by atoms with van der Waals surface area (Å²) >= 11 is 0. The highest BCUT2D eigenvalue weighted by atomic mass is 35.5. The Bertz CT molecular complexity index is 778. The minimum Gasteiger partial charge on any atom is -0.481 e. The second kappa shape index (κ2) is 7.71. The van der Waals surface area contributed by atoms with Crippen molar-refractivity contribution in [2.24, 2.45) is 0 Å². The van der Waals surface area contributed by atoms with Crippen LogP contribution < -0.4 is 4.74 Å². The van der Waals surface area contributed by atoms with Crippen LogP contribution in [0.3, 0.4) is 0 Å². The summed E-state index contributed by atoms with van der Waals surface area (Å²) < 4.78 is 18.9. The lowest BCUT2D eigenvalue weighted by atomic mass is 10.1. The topological polar surface area (TPSA) is 74.5 Å². The quantitative estimate of drug-likeness (QED) is 0.785. The number of hydrogen-bond acceptors (Lipinski definition) is 7. The Morgan fingerprint density at radius 1 is 1.19 bits per heavy atom. The van der Waals surface area contributed by atoms with Gasteiger partial charge in [0.15, 0.2) is 0 Å². The summed E-state index contributed by atoms with van der Waals surface area (Å²) in [5, 5.41) is 8.91. The van der Waals surface area contributed by atoms with Crippen molar-refractivity contribution in [1.82, 2.24) is 24.9 Å². The van der Waals surface area contributed by atoms with E-state index in [-0.39, 0.29) is 24.6 Å². The molecular formula is C18H24ClN5O3. The van der Waals surface area contributed by atoms with E-state index in [0.717, 1.165) is 56.1 Å². The SMILES string of the molecule is COc1ccc(-c2nnn3c2CO[C@H]2CN(C4CCOCC4)C[C@@H]23)cn1.Cl. The summed E-state index contributed by atoms with van der Waals surface area (Å²) in [5.74, 6) is 0.592. The molecule has 0 saturated carbocycles. The highest BCUT2D eigenvalue weighted by molar-refractivity contribution is 5.85. The van der Waals surface area contributed by atoms with Crippen molar-refractivity contribution in [1.29, 1.82) is 0 Å². The fraction of sp³-hybridized carbons (Fsp3) is 0.611. The van der Waals surface area contributed by atoms with E-state index >= 15 is 0 Å². The molecule has 3 aliphatic rings. The predicted octanol–water partition coefficient (Wildman–Crippen LogP) is 1.70. The van der Waals surface area contributed by atoms with Gasteiger partial charge in [0.1, 0.15) is 5.69 Å². The third-order valence-corrected chi connectivity index (χ3v) is 5.73. The first-order chi connectivity index (χ1) is 12.8. The number of nitrogens with zero attached hydrogens (tertiary/aromatic N) is 5. The van der Waals surface area contributed by atoms with Gasteiger partial charge in [-0.05, 0) is 18.9 Å². The number of fused-ring (bicyclic) bond motifs is 3. The number of aromatic nitrogens is 4. The maximum absolute atomic E-state index is 6.20. The zero-order valence-corrected chi connectivity index (χ0v) is 16.1. The van der Waals surface area contributed by atoms with Crippen molar-refractivity contribution in [2.45, 2.75) is 37.6 Å². The van der Waals surface area contributed by atoms with Crippen molar-refractivity contribution in [3.05, 3.63) is 24.0 Å². The fourth-order valence-corrected chi connectivity index (χ4v) is 4.30. The number of pyridine rings is 1. The Balaban J connectivity index is 0.00000180. The zero-order valence-electron chi connectivity index (χ0n) is 15.3. The molecule has 2 saturated heterocycles. The fourth-order valence-electron chi connectivity index (χ4n) is 4.30. The number of halogens is 1. The molecule has 0 amide bonds. The highest BCUT2D eigenvalue weighted by Crippen LogP contribution is 2.36.